The standard InChI is InChI=1S/C18H26N4O2.2C2HF3O2/c1-13(18(2,3)4)19-16(23)15-14-7-5-6-8-22(14)17(20-15)21-9-11-24-12-10-21;2*3-2(4,5)1(6)7/h5-8,13H,9-12H2,1-4H3,(H,19,23);2*(H,6,7). The third-order valence-electron chi connectivity index (χ3n) is 5.37. The van der Waals surface area contributed by atoms with E-state index in [1.54, 1.807) is 0 Å². The topological polar surface area (TPSA) is 143 Å². The number of carbonyl (C=O) groups excluding carboxylic acids is 3. The molecule has 10 nitrogen and oxygen atoms in total. The van der Waals surface area contributed by atoms with Gasteiger partial charge in [-0.25, -0.2) is 4.90 Å². The minimum atomic E-state index is -5.19. The lowest BCUT2D eigenvalue weighted by molar-refractivity contribution is -0.889. The smallest absolute Gasteiger partial charge is 0.457 e. The molecule has 2 aromatic heterocycles. The highest BCUT2D eigenvalue weighted by Crippen LogP contribution is 2.19. The molecule has 0 saturated carbocycles. The fourth-order valence-electron chi connectivity index (χ4n) is 2.86. The molecule has 3 rings (SSSR count). The Hall–Kier alpha value is -3.40. The summed E-state index contributed by atoms with van der Waals surface area (Å²) in [6.45, 7) is 11.7. The number of nitrogens with zero attached hydrogens (tertiary/aromatic N) is 1. The normalized spacial score (nSPS) is 15.4. The van der Waals surface area contributed by atoms with Crippen LogP contribution in [0.5, 0.6) is 0 Å². The first kappa shape index (κ1) is 32.6. The number of halogens is 6. The van der Waals surface area contributed by atoms with E-state index in [4.69, 9.17) is 24.5 Å². The van der Waals surface area contributed by atoms with Crippen LogP contribution in [0, 0.1) is 5.41 Å². The first-order chi connectivity index (χ1) is 17.3. The number of carboxylic acid groups (broad SMARTS) is 2. The highest BCUT2D eigenvalue weighted by atomic mass is 19.4. The van der Waals surface area contributed by atoms with E-state index in [-0.39, 0.29) is 17.4 Å². The van der Waals surface area contributed by atoms with Crippen LogP contribution >= 0.6 is 0 Å². The molecule has 3 heterocycles. The molecule has 0 aromatic carbocycles. The molecule has 1 fully saturated rings. The second-order valence-electron chi connectivity index (χ2n) is 9.15. The number of hydrogen-bond donors (Lipinski definition) is 3. The van der Waals surface area contributed by atoms with Crippen molar-refractivity contribution >= 4 is 29.3 Å². The Labute approximate surface area is 213 Å². The predicted molar refractivity (Wildman–Crippen MR) is 114 cm³/mol. The summed E-state index contributed by atoms with van der Waals surface area (Å²) in [5.41, 5.74) is 1.55. The van der Waals surface area contributed by atoms with Gasteiger partial charge in [-0.15, -0.1) is 4.40 Å². The van der Waals surface area contributed by atoms with Crippen LogP contribution in [-0.4, -0.2) is 67.5 Å². The molecule has 0 bridgehead atoms. The molecule has 0 aliphatic carbocycles. The molecule has 0 radical (unpaired) electrons. The summed E-state index contributed by atoms with van der Waals surface area (Å²) in [5, 5.41) is 20.7. The number of alkyl halides is 6. The highest BCUT2D eigenvalue weighted by Gasteiger charge is 2.34. The lowest BCUT2D eigenvalue weighted by atomic mass is 9.88. The van der Waals surface area contributed by atoms with Crippen LogP contribution in [0.25, 0.3) is 5.52 Å². The Morgan fingerprint density at radius 2 is 1.47 bits per heavy atom. The van der Waals surface area contributed by atoms with Crippen molar-refractivity contribution in [2.75, 3.05) is 26.3 Å². The highest BCUT2D eigenvalue weighted by molar-refractivity contribution is 5.98. The number of H-pyrrole nitrogens is 1. The average Bonchev–Trinajstić information content (AvgIpc) is 3.18. The van der Waals surface area contributed by atoms with Gasteiger partial charge in [0.05, 0.1) is 13.2 Å². The molecule has 38 heavy (non-hydrogen) atoms. The number of pyridine rings is 1. The number of hydrogen-bond acceptors (Lipinski definition) is 6. The Morgan fingerprint density at radius 3 is 1.89 bits per heavy atom. The number of ether oxygens (including phenoxy) is 1. The Bertz CT molecular complexity index is 1080. The lowest BCUT2D eigenvalue weighted by Gasteiger charge is -2.27. The zero-order valence-corrected chi connectivity index (χ0v) is 20.9. The minimum absolute atomic E-state index is 0.0173. The summed E-state index contributed by atoms with van der Waals surface area (Å²) in [7, 11) is 0. The van der Waals surface area contributed by atoms with E-state index in [1.807, 2.05) is 31.3 Å². The van der Waals surface area contributed by atoms with Gasteiger partial charge in [0.2, 0.25) is 5.69 Å². The van der Waals surface area contributed by atoms with Gasteiger partial charge in [-0.1, -0.05) is 26.8 Å². The number of nitrogens with one attached hydrogen (secondary N) is 3. The largest absolute Gasteiger partial charge is 0.542 e. The fraction of sp³-hybridized carbons (Fsp3) is 0.545. The summed E-state index contributed by atoms with van der Waals surface area (Å²) >= 11 is 0. The molecule has 1 aliphatic heterocycles. The number of fused-ring (bicyclic) bond motifs is 1. The monoisotopic (exact) mass is 558 g/mol. The Morgan fingerprint density at radius 1 is 1.00 bits per heavy atom. The van der Waals surface area contributed by atoms with Crippen LogP contribution < -0.4 is 24.8 Å². The van der Waals surface area contributed by atoms with Crippen LogP contribution in [0.1, 0.15) is 38.2 Å². The molecule has 214 valence electrons. The van der Waals surface area contributed by atoms with Crippen LogP contribution in [0.15, 0.2) is 24.4 Å². The maximum absolute atomic E-state index is 12.8. The molecule has 1 saturated heterocycles. The first-order valence-corrected chi connectivity index (χ1v) is 11.1. The number of carbonyl (C=O) groups is 3. The summed E-state index contributed by atoms with van der Waals surface area (Å²) in [6, 6.07) is 6.02. The third-order valence-corrected chi connectivity index (χ3v) is 5.37. The molecule has 0 spiro atoms. The van der Waals surface area contributed by atoms with E-state index in [0.717, 1.165) is 37.8 Å². The van der Waals surface area contributed by atoms with Gasteiger partial charge in [0.1, 0.15) is 31.2 Å². The number of aromatic nitrogens is 2. The number of rotatable bonds is 3. The zero-order valence-electron chi connectivity index (χ0n) is 20.9. The summed E-state index contributed by atoms with van der Waals surface area (Å²) < 4.78 is 70.6. The lowest BCUT2D eigenvalue weighted by Crippen LogP contribution is -3.11. The van der Waals surface area contributed by atoms with Crippen molar-refractivity contribution in [3.63, 3.8) is 0 Å². The Kier molecular flexibility index (Phi) is 11.1. The van der Waals surface area contributed by atoms with Crippen molar-refractivity contribution in [1.82, 2.24) is 10.3 Å². The molecule has 16 heteroatoms. The predicted octanol–water partition coefficient (Wildman–Crippen LogP) is -0.938. The van der Waals surface area contributed by atoms with Gasteiger partial charge in [0.15, 0.2) is 5.52 Å². The number of aromatic amines is 1. The third kappa shape index (κ3) is 9.81. The van der Waals surface area contributed by atoms with Crippen LogP contribution in [0.3, 0.4) is 0 Å². The van der Waals surface area contributed by atoms with E-state index >= 15 is 0 Å². The molecule has 1 aliphatic rings. The van der Waals surface area contributed by atoms with Crippen molar-refractivity contribution in [3.8, 4) is 0 Å². The minimum Gasteiger partial charge on any atom is -0.542 e. The van der Waals surface area contributed by atoms with Crippen LogP contribution in [0.4, 0.5) is 32.3 Å². The van der Waals surface area contributed by atoms with E-state index < -0.39 is 24.3 Å². The second-order valence-corrected chi connectivity index (χ2v) is 9.15. The number of aliphatic carboxylic acids is 2. The molecule has 1 atom stereocenters. The van der Waals surface area contributed by atoms with E-state index in [1.165, 1.54) is 4.90 Å². The number of amides is 1. The number of quaternary nitrogens is 1. The summed E-state index contributed by atoms with van der Waals surface area (Å²) in [6.07, 6.45) is -8.38. The fourth-order valence-corrected chi connectivity index (χ4v) is 2.86. The van der Waals surface area contributed by atoms with Gasteiger partial charge in [0, 0.05) is 6.04 Å². The number of carboxylic acids is 2. The van der Waals surface area contributed by atoms with Crippen molar-refractivity contribution in [2.24, 2.45) is 5.41 Å². The van der Waals surface area contributed by atoms with Gasteiger partial charge in [0.25, 0.3) is 5.91 Å². The summed E-state index contributed by atoms with van der Waals surface area (Å²) in [4.78, 5) is 35.1. The molecular formula is C22H28F6N4O6. The number of morpholine rings is 1. The first-order valence-electron chi connectivity index (χ1n) is 11.1. The van der Waals surface area contributed by atoms with Gasteiger partial charge in [-0.2, -0.15) is 31.3 Å². The van der Waals surface area contributed by atoms with Crippen molar-refractivity contribution in [3.05, 3.63) is 30.1 Å². The van der Waals surface area contributed by atoms with Crippen molar-refractivity contribution in [1.29, 1.82) is 0 Å². The average molecular weight is 558 g/mol. The SMILES string of the molecule is CC(NC(=O)c1[nH]c([NH+]2CCOCC2)[n+]2ccccc12)C(C)(C)C.O=C([O-])C(F)(F)F.O=C([O-])C(F)(F)F. The molecule has 1 amide bonds. The maximum Gasteiger partial charge on any atom is 0.457 e. The van der Waals surface area contributed by atoms with Crippen molar-refractivity contribution in [2.45, 2.75) is 46.1 Å². The van der Waals surface area contributed by atoms with Gasteiger partial charge < -0.3 is 29.9 Å². The van der Waals surface area contributed by atoms with E-state index in [2.05, 4.69) is 35.5 Å². The van der Waals surface area contributed by atoms with Gasteiger partial charge in [-0.05, 0) is 24.5 Å². The van der Waals surface area contributed by atoms with Crippen molar-refractivity contribution < 1.29 is 65.0 Å². The summed E-state index contributed by atoms with van der Waals surface area (Å²) in [5.74, 6) is -5.05. The van der Waals surface area contributed by atoms with Gasteiger partial charge in [-0.3, -0.25) is 4.79 Å². The second kappa shape index (κ2) is 12.9. The van der Waals surface area contributed by atoms with E-state index in [0.29, 0.717) is 5.69 Å². The number of imidazole rings is 1. The molecule has 2 aromatic rings. The molecule has 3 N–H and O–H groups in total. The Balaban J connectivity index is 0.000000426. The van der Waals surface area contributed by atoms with Crippen LogP contribution in [0.2, 0.25) is 0 Å². The molecule has 1 unspecified atom stereocenters. The van der Waals surface area contributed by atoms with Gasteiger partial charge >= 0.3 is 18.3 Å². The quantitative estimate of drug-likeness (QED) is 0.328. The van der Waals surface area contributed by atoms with E-state index in [9.17, 15) is 31.1 Å². The maximum atomic E-state index is 12.8. The molecular weight excluding hydrogens is 530 g/mol. The van der Waals surface area contributed by atoms with Crippen LogP contribution in [-0.2, 0) is 14.3 Å². The zero-order chi connectivity index (χ0) is 29.5.